The molecule has 1 aliphatic heterocycles. The van der Waals surface area contributed by atoms with Gasteiger partial charge in [0.15, 0.2) is 11.5 Å². The Morgan fingerprint density at radius 1 is 1.19 bits per heavy atom. The molecule has 0 unspecified atom stereocenters. The molecule has 0 bridgehead atoms. The van der Waals surface area contributed by atoms with Gasteiger partial charge in [0.2, 0.25) is 5.91 Å². The van der Waals surface area contributed by atoms with Gasteiger partial charge in [-0.1, -0.05) is 6.07 Å². The van der Waals surface area contributed by atoms with Crippen molar-refractivity contribution in [1.82, 2.24) is 19.8 Å². The van der Waals surface area contributed by atoms with E-state index in [2.05, 4.69) is 25.5 Å². The zero-order valence-electron chi connectivity index (χ0n) is 14.6. The molecule has 3 heterocycles. The molecule has 0 atom stereocenters. The number of fused-ring (bicyclic) bond motifs is 1. The van der Waals surface area contributed by atoms with Crippen molar-refractivity contribution < 1.29 is 13.9 Å². The lowest BCUT2D eigenvalue weighted by Gasteiger charge is -2.27. The summed E-state index contributed by atoms with van der Waals surface area (Å²) >= 11 is 0. The Balaban J connectivity index is 1.44. The van der Waals surface area contributed by atoms with Crippen LogP contribution in [0.3, 0.4) is 0 Å². The maximum absolute atomic E-state index is 13.2. The molecule has 0 radical (unpaired) electrons. The van der Waals surface area contributed by atoms with Crippen molar-refractivity contribution >= 4 is 23.1 Å². The summed E-state index contributed by atoms with van der Waals surface area (Å²) in [5.41, 5.74) is 1.06. The summed E-state index contributed by atoms with van der Waals surface area (Å²) in [6.45, 7) is 2.92. The van der Waals surface area contributed by atoms with Gasteiger partial charge in [-0.05, 0) is 30.3 Å². The second kappa shape index (κ2) is 7.67. The van der Waals surface area contributed by atoms with E-state index in [9.17, 15) is 9.18 Å². The Morgan fingerprint density at radius 3 is 2.85 bits per heavy atom. The molecule has 0 aliphatic carbocycles. The molecule has 1 amide bonds. The summed E-state index contributed by atoms with van der Waals surface area (Å²) in [7, 11) is 0. The molecule has 3 aromatic rings. The highest BCUT2D eigenvalue weighted by Gasteiger charge is 2.15. The highest BCUT2D eigenvalue weighted by molar-refractivity contribution is 5.90. The Morgan fingerprint density at radius 2 is 2.04 bits per heavy atom. The van der Waals surface area contributed by atoms with Crippen molar-refractivity contribution in [2.45, 2.75) is 12.8 Å². The number of rotatable bonds is 5. The summed E-state index contributed by atoms with van der Waals surface area (Å²) in [6, 6.07) is 9.57. The molecule has 1 aliphatic rings. The number of hydrogen-bond acceptors (Lipinski definition) is 6. The summed E-state index contributed by atoms with van der Waals surface area (Å²) in [4.78, 5) is 14.3. The molecular weight excluding hydrogens is 351 g/mol. The average Bonchev–Trinajstić information content (AvgIpc) is 3.09. The van der Waals surface area contributed by atoms with Crippen molar-refractivity contribution in [2.75, 3.05) is 36.5 Å². The van der Waals surface area contributed by atoms with Gasteiger partial charge in [0.1, 0.15) is 11.6 Å². The Labute approximate surface area is 155 Å². The maximum atomic E-state index is 13.2. The Bertz CT molecular complexity index is 954. The molecule has 1 fully saturated rings. The van der Waals surface area contributed by atoms with Gasteiger partial charge in [-0.25, -0.2) is 4.39 Å². The lowest BCUT2D eigenvalue weighted by atomic mass is 10.2. The van der Waals surface area contributed by atoms with E-state index in [1.54, 1.807) is 16.6 Å². The van der Waals surface area contributed by atoms with Crippen LogP contribution < -0.4 is 10.2 Å². The van der Waals surface area contributed by atoms with Gasteiger partial charge >= 0.3 is 0 Å². The van der Waals surface area contributed by atoms with Crippen molar-refractivity contribution in [3.05, 3.63) is 48.0 Å². The van der Waals surface area contributed by atoms with Gasteiger partial charge < -0.3 is 15.0 Å². The average molecular weight is 370 g/mol. The highest BCUT2D eigenvalue weighted by atomic mass is 19.1. The second-order valence-electron chi connectivity index (χ2n) is 6.24. The minimum absolute atomic E-state index is 0.195. The van der Waals surface area contributed by atoms with Crippen LogP contribution in [-0.4, -0.2) is 52.0 Å². The first kappa shape index (κ1) is 17.3. The van der Waals surface area contributed by atoms with E-state index in [-0.39, 0.29) is 12.3 Å². The zero-order chi connectivity index (χ0) is 18.6. The molecule has 2 aromatic heterocycles. The number of nitrogens with one attached hydrogen (secondary N) is 1. The highest BCUT2D eigenvalue weighted by Crippen LogP contribution is 2.15. The molecule has 4 rings (SSSR count). The second-order valence-corrected chi connectivity index (χ2v) is 6.24. The van der Waals surface area contributed by atoms with E-state index in [4.69, 9.17) is 4.74 Å². The van der Waals surface area contributed by atoms with Crippen LogP contribution in [0.4, 0.5) is 15.9 Å². The fourth-order valence-electron chi connectivity index (χ4n) is 2.96. The van der Waals surface area contributed by atoms with Crippen LogP contribution in [0.2, 0.25) is 0 Å². The summed E-state index contributed by atoms with van der Waals surface area (Å²) in [5.74, 6) is 0.823. The molecule has 0 spiro atoms. The van der Waals surface area contributed by atoms with Crippen LogP contribution in [0.1, 0.15) is 12.2 Å². The third-order valence-corrected chi connectivity index (χ3v) is 4.33. The number of aryl methyl sites for hydroxylation is 1. The SMILES string of the molecule is O=C(CCc1nnc2ccc(N3CCOCC3)nn12)Nc1cccc(F)c1. The van der Waals surface area contributed by atoms with E-state index in [1.807, 2.05) is 12.1 Å². The zero-order valence-corrected chi connectivity index (χ0v) is 14.6. The third kappa shape index (κ3) is 4.03. The number of halogens is 1. The molecule has 1 N–H and O–H groups in total. The molecular formula is C18H19FN6O2. The third-order valence-electron chi connectivity index (χ3n) is 4.33. The topological polar surface area (TPSA) is 84.7 Å². The molecule has 140 valence electrons. The van der Waals surface area contributed by atoms with Crippen molar-refractivity contribution in [2.24, 2.45) is 0 Å². The van der Waals surface area contributed by atoms with Crippen LogP contribution in [0.15, 0.2) is 36.4 Å². The molecule has 1 saturated heterocycles. The fourth-order valence-corrected chi connectivity index (χ4v) is 2.96. The number of carbonyl (C=O) groups excluding carboxylic acids is 1. The number of morpholine rings is 1. The van der Waals surface area contributed by atoms with Crippen LogP contribution in [0.5, 0.6) is 0 Å². The maximum Gasteiger partial charge on any atom is 0.224 e. The van der Waals surface area contributed by atoms with Gasteiger partial charge in [-0.15, -0.1) is 15.3 Å². The summed E-state index contributed by atoms with van der Waals surface area (Å²) in [6.07, 6.45) is 0.572. The molecule has 27 heavy (non-hydrogen) atoms. The minimum atomic E-state index is -0.393. The summed E-state index contributed by atoms with van der Waals surface area (Å²) in [5, 5.41) is 15.5. The number of carbonyl (C=O) groups is 1. The normalized spacial score (nSPS) is 14.5. The number of amides is 1. The predicted octanol–water partition coefficient (Wildman–Crippen LogP) is 1.67. The van der Waals surface area contributed by atoms with E-state index >= 15 is 0 Å². The number of nitrogens with zero attached hydrogens (tertiary/aromatic N) is 5. The van der Waals surface area contributed by atoms with E-state index in [1.165, 1.54) is 12.1 Å². The van der Waals surface area contributed by atoms with Crippen LogP contribution in [0.25, 0.3) is 5.65 Å². The smallest absolute Gasteiger partial charge is 0.224 e. The number of ether oxygens (including phenoxy) is 1. The van der Waals surface area contributed by atoms with Gasteiger partial charge in [-0.2, -0.15) is 4.52 Å². The molecule has 0 saturated carbocycles. The Hall–Kier alpha value is -3.07. The predicted molar refractivity (Wildman–Crippen MR) is 97.2 cm³/mol. The first-order valence-electron chi connectivity index (χ1n) is 8.78. The van der Waals surface area contributed by atoms with Gasteiger partial charge in [0, 0.05) is 31.6 Å². The van der Waals surface area contributed by atoms with Crippen molar-refractivity contribution in [1.29, 1.82) is 0 Å². The summed E-state index contributed by atoms with van der Waals surface area (Å²) < 4.78 is 20.2. The molecule has 1 aromatic carbocycles. The number of hydrogen-bond donors (Lipinski definition) is 1. The standard InChI is InChI=1S/C18H19FN6O2/c19-13-2-1-3-14(12-13)20-18(26)7-6-16-22-21-15-4-5-17(23-25(15)16)24-8-10-27-11-9-24/h1-5,12H,6-11H2,(H,20,26). The quantitative estimate of drug-likeness (QED) is 0.736. The van der Waals surface area contributed by atoms with E-state index in [0.29, 0.717) is 36.8 Å². The number of anilines is 2. The van der Waals surface area contributed by atoms with Crippen LogP contribution in [-0.2, 0) is 16.0 Å². The van der Waals surface area contributed by atoms with Gasteiger partial charge in [0.05, 0.1) is 13.2 Å². The number of aromatic nitrogens is 4. The van der Waals surface area contributed by atoms with Gasteiger partial charge in [-0.3, -0.25) is 4.79 Å². The monoisotopic (exact) mass is 370 g/mol. The minimum Gasteiger partial charge on any atom is -0.378 e. The van der Waals surface area contributed by atoms with Crippen LogP contribution >= 0.6 is 0 Å². The van der Waals surface area contributed by atoms with Crippen molar-refractivity contribution in [3.8, 4) is 0 Å². The van der Waals surface area contributed by atoms with Crippen LogP contribution in [0, 0.1) is 5.82 Å². The molecule has 9 heteroatoms. The van der Waals surface area contributed by atoms with Gasteiger partial charge in [0.25, 0.3) is 0 Å². The largest absolute Gasteiger partial charge is 0.378 e. The molecule has 8 nitrogen and oxygen atoms in total. The van der Waals surface area contributed by atoms with Crippen molar-refractivity contribution in [3.63, 3.8) is 0 Å². The first-order valence-corrected chi connectivity index (χ1v) is 8.78. The first-order chi connectivity index (χ1) is 13.2. The fraction of sp³-hybridized carbons (Fsp3) is 0.333. The van der Waals surface area contributed by atoms with E-state index in [0.717, 1.165) is 18.9 Å². The lowest BCUT2D eigenvalue weighted by molar-refractivity contribution is -0.116. The van der Waals surface area contributed by atoms with E-state index < -0.39 is 5.82 Å². The number of benzene rings is 1. The Kier molecular flexibility index (Phi) is 4.93. The lowest BCUT2D eigenvalue weighted by Crippen LogP contribution is -2.37.